The minimum Gasteiger partial charge on any atom is -0.444 e. The topological polar surface area (TPSA) is 64.3 Å². The third kappa shape index (κ3) is 7.59. The molecule has 13 heavy (non-hydrogen) atoms. The van der Waals surface area contributed by atoms with Crippen molar-refractivity contribution < 1.29 is 9.53 Å². The summed E-state index contributed by atoms with van der Waals surface area (Å²) < 4.78 is 5.04. The lowest BCUT2D eigenvalue weighted by Gasteiger charge is -2.20. The third-order valence-electron chi connectivity index (χ3n) is 1.40. The molecule has 0 saturated carbocycles. The lowest BCUT2D eigenvalue weighted by Crippen LogP contribution is -2.36. The molecule has 0 saturated heterocycles. The fourth-order valence-electron chi connectivity index (χ4n) is 0.655. The molecule has 0 rings (SSSR count). The first-order valence-electron chi connectivity index (χ1n) is 4.52. The number of hydrogen-bond donors (Lipinski definition) is 2. The first kappa shape index (κ1) is 12.2. The number of amides is 1. The van der Waals surface area contributed by atoms with Gasteiger partial charge in [-0.15, -0.1) is 0 Å². The number of ether oxygens (including phenoxy) is 1. The zero-order valence-electron chi connectivity index (χ0n) is 8.89. The second kappa shape index (κ2) is 5.07. The van der Waals surface area contributed by atoms with Crippen molar-refractivity contribution in [3.63, 3.8) is 0 Å². The van der Waals surface area contributed by atoms with Crippen molar-refractivity contribution in [2.45, 2.75) is 33.3 Å². The van der Waals surface area contributed by atoms with E-state index in [2.05, 4.69) is 5.32 Å². The number of hydrogen-bond acceptors (Lipinski definition) is 3. The number of rotatable bonds is 3. The van der Waals surface area contributed by atoms with Crippen molar-refractivity contribution in [1.82, 2.24) is 5.32 Å². The van der Waals surface area contributed by atoms with Crippen LogP contribution in [-0.2, 0) is 4.74 Å². The number of nitrogens with one attached hydrogen (secondary N) is 1. The summed E-state index contributed by atoms with van der Waals surface area (Å²) in [6.07, 6.45) is -0.382. The lowest BCUT2D eigenvalue weighted by molar-refractivity contribution is 0.0521. The zero-order chi connectivity index (χ0) is 10.5. The maximum Gasteiger partial charge on any atom is 0.407 e. The van der Waals surface area contributed by atoms with Gasteiger partial charge in [0.1, 0.15) is 5.60 Å². The van der Waals surface area contributed by atoms with Crippen molar-refractivity contribution in [1.29, 1.82) is 0 Å². The smallest absolute Gasteiger partial charge is 0.407 e. The first-order chi connectivity index (χ1) is 5.85. The molecule has 78 valence electrons. The van der Waals surface area contributed by atoms with E-state index in [1.54, 1.807) is 0 Å². The lowest BCUT2D eigenvalue weighted by atomic mass is 10.2. The van der Waals surface area contributed by atoms with Gasteiger partial charge in [0.25, 0.3) is 0 Å². The Kier molecular flexibility index (Phi) is 4.77. The summed E-state index contributed by atoms with van der Waals surface area (Å²) in [6, 6.07) is 0. The number of carbonyl (C=O) groups is 1. The Labute approximate surface area is 79.8 Å². The summed E-state index contributed by atoms with van der Waals surface area (Å²) in [7, 11) is 0. The second-order valence-electron chi connectivity index (χ2n) is 4.22. The zero-order valence-corrected chi connectivity index (χ0v) is 8.89. The van der Waals surface area contributed by atoms with Gasteiger partial charge >= 0.3 is 6.09 Å². The highest BCUT2D eigenvalue weighted by Gasteiger charge is 2.15. The van der Waals surface area contributed by atoms with E-state index >= 15 is 0 Å². The average molecular weight is 188 g/mol. The summed E-state index contributed by atoms with van der Waals surface area (Å²) >= 11 is 0. The number of alkyl carbamates (subject to hydrolysis) is 1. The molecule has 1 atom stereocenters. The van der Waals surface area contributed by atoms with Gasteiger partial charge in [0, 0.05) is 6.54 Å². The minimum atomic E-state index is -0.434. The van der Waals surface area contributed by atoms with E-state index in [0.717, 1.165) is 0 Å². The number of carbonyl (C=O) groups excluding carboxylic acids is 1. The molecule has 4 nitrogen and oxygen atoms in total. The van der Waals surface area contributed by atoms with Crippen LogP contribution in [0.15, 0.2) is 0 Å². The Morgan fingerprint density at radius 3 is 2.46 bits per heavy atom. The van der Waals surface area contributed by atoms with Crippen LogP contribution in [0.2, 0.25) is 0 Å². The molecular formula is C9H20N2O2. The number of nitrogens with two attached hydrogens (primary N) is 1. The Morgan fingerprint density at radius 1 is 1.54 bits per heavy atom. The highest BCUT2D eigenvalue weighted by atomic mass is 16.6. The largest absolute Gasteiger partial charge is 0.444 e. The van der Waals surface area contributed by atoms with Crippen LogP contribution in [0, 0.1) is 5.92 Å². The molecule has 0 aromatic rings. The molecule has 0 bridgehead atoms. The van der Waals surface area contributed by atoms with Gasteiger partial charge < -0.3 is 15.8 Å². The van der Waals surface area contributed by atoms with Crippen molar-refractivity contribution in [2.24, 2.45) is 11.7 Å². The monoisotopic (exact) mass is 188 g/mol. The third-order valence-corrected chi connectivity index (χ3v) is 1.40. The molecule has 0 aromatic heterocycles. The molecule has 0 heterocycles. The molecule has 3 N–H and O–H groups in total. The summed E-state index contributed by atoms with van der Waals surface area (Å²) in [6.45, 7) is 8.59. The minimum absolute atomic E-state index is 0.285. The molecule has 0 aromatic carbocycles. The van der Waals surface area contributed by atoms with E-state index in [1.165, 1.54) is 0 Å². The molecular weight excluding hydrogens is 168 g/mol. The highest BCUT2D eigenvalue weighted by molar-refractivity contribution is 5.67. The molecule has 0 aliphatic carbocycles. The average Bonchev–Trinajstić information content (AvgIpc) is 1.97. The molecule has 0 fully saturated rings. The first-order valence-corrected chi connectivity index (χ1v) is 4.52. The van der Waals surface area contributed by atoms with E-state index in [9.17, 15) is 4.79 Å². The summed E-state index contributed by atoms with van der Waals surface area (Å²) in [4.78, 5) is 11.1. The predicted octanol–water partition coefficient (Wildman–Crippen LogP) is 1.11. The van der Waals surface area contributed by atoms with Gasteiger partial charge in [-0.05, 0) is 33.2 Å². The van der Waals surface area contributed by atoms with E-state index in [0.29, 0.717) is 13.1 Å². The van der Waals surface area contributed by atoms with Crippen LogP contribution in [0.1, 0.15) is 27.7 Å². The van der Waals surface area contributed by atoms with Gasteiger partial charge in [-0.2, -0.15) is 0 Å². The summed E-state index contributed by atoms with van der Waals surface area (Å²) in [5, 5.41) is 2.65. The van der Waals surface area contributed by atoms with E-state index < -0.39 is 5.60 Å². The quantitative estimate of drug-likeness (QED) is 0.697. The summed E-state index contributed by atoms with van der Waals surface area (Å²) in [5.74, 6) is 0.285. The Hall–Kier alpha value is -0.770. The van der Waals surface area contributed by atoms with Crippen LogP contribution < -0.4 is 11.1 Å². The van der Waals surface area contributed by atoms with Crippen LogP contribution >= 0.6 is 0 Å². The Balaban J connectivity index is 3.64. The van der Waals surface area contributed by atoms with Crippen LogP contribution in [0.25, 0.3) is 0 Å². The van der Waals surface area contributed by atoms with Crippen LogP contribution in [0.3, 0.4) is 0 Å². The molecule has 0 aliphatic rings. The molecule has 0 spiro atoms. The van der Waals surface area contributed by atoms with Crippen molar-refractivity contribution >= 4 is 6.09 Å². The molecule has 0 aliphatic heterocycles. The van der Waals surface area contributed by atoms with E-state index in [4.69, 9.17) is 10.5 Å². The fourth-order valence-corrected chi connectivity index (χ4v) is 0.655. The molecule has 0 radical (unpaired) electrons. The molecule has 0 unspecified atom stereocenters. The van der Waals surface area contributed by atoms with Crippen molar-refractivity contribution in [3.8, 4) is 0 Å². The molecule has 1 amide bonds. The van der Waals surface area contributed by atoms with Crippen molar-refractivity contribution in [2.75, 3.05) is 13.1 Å². The van der Waals surface area contributed by atoms with Gasteiger partial charge in [0.15, 0.2) is 0 Å². The van der Waals surface area contributed by atoms with Gasteiger partial charge in [0.2, 0.25) is 0 Å². The van der Waals surface area contributed by atoms with Crippen molar-refractivity contribution in [3.05, 3.63) is 0 Å². The predicted molar refractivity (Wildman–Crippen MR) is 52.5 cm³/mol. The van der Waals surface area contributed by atoms with Crippen LogP contribution in [-0.4, -0.2) is 24.8 Å². The van der Waals surface area contributed by atoms with E-state index in [1.807, 2.05) is 27.7 Å². The maximum atomic E-state index is 11.1. The summed E-state index contributed by atoms with van der Waals surface area (Å²) in [5.41, 5.74) is 4.96. The standard InChI is InChI=1S/C9H20N2O2/c1-7(5-10)6-11-8(12)13-9(2,3)4/h7H,5-6,10H2,1-4H3,(H,11,12)/t7-/m0/s1. The normalized spacial score (nSPS) is 13.6. The fraction of sp³-hybridized carbons (Fsp3) is 0.889. The SMILES string of the molecule is C[C@@H](CN)CNC(=O)OC(C)(C)C. The Morgan fingerprint density at radius 2 is 2.08 bits per heavy atom. The van der Waals surface area contributed by atoms with Crippen LogP contribution in [0.4, 0.5) is 4.79 Å². The van der Waals surface area contributed by atoms with Crippen LogP contribution in [0.5, 0.6) is 0 Å². The second-order valence-corrected chi connectivity index (χ2v) is 4.22. The maximum absolute atomic E-state index is 11.1. The Bertz CT molecular complexity index is 163. The highest BCUT2D eigenvalue weighted by Crippen LogP contribution is 2.06. The van der Waals surface area contributed by atoms with Gasteiger partial charge in [-0.25, -0.2) is 4.79 Å². The van der Waals surface area contributed by atoms with Gasteiger partial charge in [-0.3, -0.25) is 0 Å². The van der Waals surface area contributed by atoms with Gasteiger partial charge in [0.05, 0.1) is 0 Å². The van der Waals surface area contributed by atoms with Gasteiger partial charge in [-0.1, -0.05) is 6.92 Å². The van der Waals surface area contributed by atoms with E-state index in [-0.39, 0.29) is 12.0 Å². The molecule has 4 heteroatoms.